The van der Waals surface area contributed by atoms with E-state index in [1.807, 2.05) is 0 Å². The van der Waals surface area contributed by atoms with Crippen LogP contribution >= 0.6 is 0 Å². The van der Waals surface area contributed by atoms with Gasteiger partial charge in [-0.1, -0.05) is 84.0 Å². The van der Waals surface area contributed by atoms with E-state index in [4.69, 9.17) is 51.0 Å². The predicted octanol–water partition coefficient (Wildman–Crippen LogP) is -5.05. The van der Waals surface area contributed by atoms with Gasteiger partial charge in [-0.05, 0) is 84.1 Å². The lowest BCUT2D eigenvalue weighted by Gasteiger charge is -2.28. The summed E-state index contributed by atoms with van der Waals surface area (Å²) in [5, 5.41) is 60.8. The zero-order chi connectivity index (χ0) is 71.0. The fourth-order valence-electron chi connectivity index (χ4n) is 9.28. The molecule has 0 saturated carbocycles. The Hall–Kier alpha value is -8.67. The maximum Gasteiger partial charge on any atom is 0.305 e. The lowest BCUT2D eigenvalue weighted by atomic mass is 10.0. The Bertz CT molecular complexity index is 2460. The van der Waals surface area contributed by atoms with Crippen molar-refractivity contribution in [2.75, 3.05) is 39.4 Å². The first-order chi connectivity index (χ1) is 44.6. The number of nitrogens with two attached hydrogens (primary N) is 8. The van der Waals surface area contributed by atoms with Crippen LogP contribution < -0.4 is 93.7 Å². The highest BCUT2D eigenvalue weighted by atomic mass is 16.4. The number of nitrogens with zero attached hydrogens (tertiary/aromatic N) is 3. The van der Waals surface area contributed by atoms with Crippen LogP contribution in [0.3, 0.4) is 0 Å². The number of aliphatic hydroxyl groups is 2. The fourth-order valence-corrected chi connectivity index (χ4v) is 9.28. The normalized spacial score (nSPS) is 13.8. The van der Waals surface area contributed by atoms with Crippen LogP contribution in [-0.4, -0.2) is 203 Å². The third-order valence-corrected chi connectivity index (χ3v) is 14.5. The Kier molecular flexibility index (Phi) is 46.1. The second-order valence-corrected chi connectivity index (χ2v) is 22.7. The summed E-state index contributed by atoms with van der Waals surface area (Å²) >= 11 is 0. The van der Waals surface area contributed by atoms with Gasteiger partial charge in [-0.15, -0.1) is 0 Å². The van der Waals surface area contributed by atoms with E-state index in [1.54, 1.807) is 0 Å². The van der Waals surface area contributed by atoms with Crippen molar-refractivity contribution < 1.29 is 78.0 Å². The molecule has 0 aromatic rings. The number of carboxylic acids is 2. The number of rotatable bonds is 55. The minimum Gasteiger partial charge on any atom is -0.481 e. The number of hydrogen-bond acceptors (Lipinski definition) is 18. The number of carboxylic acid groups (broad SMARTS) is 2. The van der Waals surface area contributed by atoms with Crippen LogP contribution in [0.4, 0.5) is 0 Å². The molecule has 36 nitrogen and oxygen atoms in total. The number of aliphatic carboxylic acids is 2. The molecule has 29 N–H and O–H groups in total. The molecule has 0 spiro atoms. The van der Waals surface area contributed by atoms with Crippen molar-refractivity contribution in [2.24, 2.45) is 60.8 Å². The average Bonchev–Trinajstić information content (AvgIpc) is 0.927. The summed E-state index contributed by atoms with van der Waals surface area (Å²) in [5.74, 6) is -13.8. The van der Waals surface area contributed by atoms with Gasteiger partial charge in [0.05, 0.1) is 19.6 Å². The number of carbonyl (C=O) groups is 12. The summed E-state index contributed by atoms with van der Waals surface area (Å²) in [7, 11) is 0. The van der Waals surface area contributed by atoms with Crippen LogP contribution in [0.15, 0.2) is 15.0 Å². The second kappa shape index (κ2) is 50.8. The Morgan fingerprint density at radius 1 is 0.351 bits per heavy atom. The van der Waals surface area contributed by atoms with Gasteiger partial charge in [0, 0.05) is 32.5 Å². The van der Waals surface area contributed by atoms with E-state index in [-0.39, 0.29) is 102 Å². The van der Waals surface area contributed by atoms with Crippen molar-refractivity contribution in [1.29, 1.82) is 0 Å². The molecule has 536 valence electrons. The van der Waals surface area contributed by atoms with Gasteiger partial charge in [-0.2, -0.15) is 0 Å². The molecule has 0 aromatic heterocycles. The van der Waals surface area contributed by atoms with Gasteiger partial charge < -0.3 is 114 Å². The van der Waals surface area contributed by atoms with E-state index in [2.05, 4.69) is 69.8 Å². The third kappa shape index (κ3) is 41.0. The molecule has 0 aromatic carbocycles. The van der Waals surface area contributed by atoms with Crippen molar-refractivity contribution in [3.05, 3.63) is 0 Å². The smallest absolute Gasteiger partial charge is 0.305 e. The lowest BCUT2D eigenvalue weighted by Crippen LogP contribution is -2.60. The third-order valence-electron chi connectivity index (χ3n) is 14.5. The monoisotopic (exact) mass is 1340 g/mol. The molecule has 0 rings (SSSR count). The number of carbonyl (C=O) groups excluding carboxylic acids is 10. The van der Waals surface area contributed by atoms with Crippen molar-refractivity contribution in [3.8, 4) is 0 Å². The van der Waals surface area contributed by atoms with E-state index < -0.39 is 158 Å². The molecule has 0 unspecified atom stereocenters. The molecule has 0 fully saturated rings. The minimum absolute atomic E-state index is 0.00322. The van der Waals surface area contributed by atoms with Gasteiger partial charge in [-0.25, -0.2) is 0 Å². The Balaban J connectivity index is 6.79. The van der Waals surface area contributed by atoms with Crippen LogP contribution in [0.5, 0.6) is 0 Å². The van der Waals surface area contributed by atoms with Gasteiger partial charge in [0.15, 0.2) is 17.9 Å². The Morgan fingerprint density at radius 2 is 0.670 bits per heavy atom. The highest BCUT2D eigenvalue weighted by Gasteiger charge is 2.35. The molecule has 0 aliphatic heterocycles. The molecule has 0 saturated heterocycles. The maximum atomic E-state index is 14.5. The maximum absolute atomic E-state index is 14.5. The second-order valence-electron chi connectivity index (χ2n) is 22.7. The van der Waals surface area contributed by atoms with Gasteiger partial charge >= 0.3 is 11.9 Å². The summed E-state index contributed by atoms with van der Waals surface area (Å²) in [6, 6.07) is -14.4. The highest BCUT2D eigenvalue weighted by molar-refractivity contribution is 5.99. The standard InChI is InChI=1S/C58H108N20O16/c1-3-4-5-6-7-8-9-10-11-12-13-14-15-25-44(81)71-42(33-79)55(94)75-38(23-19-30-68-57(63)64)51(90)76-40(26-27-45(82)83)53(92)72-36(21-16-17-28-59)49(88)73-37(22-18-29-67-56(61)62)50(89)74-39(24-20-31-69-58(65)66)52(91)78-43(34-80)54(93)70-35(2)48(87)77-41(47(60)86)32-46(84)85/h35-43,79-80H,3-34,59H2,1-2H3,(H2,60,86)(H,70,93)(H,71,81)(H,72,92)(H,73,88)(H,74,89)(H,75,94)(H,76,90)(H,77,87)(H,78,91)(H,82,83)(H,84,85)(H4,61,62,67)(H4,63,64,68)(H4,65,66,69)/t35-,36-,37-,38-,39-,40-,41-,42-,43-/m0/s1. The molecule has 10 amide bonds. The summed E-state index contributed by atoms with van der Waals surface area (Å²) in [4.78, 5) is 171. The van der Waals surface area contributed by atoms with E-state index >= 15 is 0 Å². The van der Waals surface area contributed by atoms with Crippen LogP contribution in [0, 0.1) is 0 Å². The molecule has 0 radical (unpaired) electrons. The Labute approximate surface area is 548 Å². The number of nitrogens with one attached hydrogen (secondary N) is 9. The summed E-state index contributed by atoms with van der Waals surface area (Å²) in [5.41, 5.74) is 43.9. The van der Waals surface area contributed by atoms with Crippen molar-refractivity contribution in [3.63, 3.8) is 0 Å². The lowest BCUT2D eigenvalue weighted by molar-refractivity contribution is -0.140. The zero-order valence-electron chi connectivity index (χ0n) is 54.5. The molecule has 0 bridgehead atoms. The van der Waals surface area contributed by atoms with Crippen LogP contribution in [0.2, 0.25) is 0 Å². The summed E-state index contributed by atoms with van der Waals surface area (Å²) in [6.45, 7) is 1.35. The molecule has 9 atom stereocenters. The van der Waals surface area contributed by atoms with Crippen molar-refractivity contribution in [1.82, 2.24) is 47.9 Å². The number of unbranched alkanes of at least 4 members (excludes halogenated alkanes) is 13. The van der Waals surface area contributed by atoms with Crippen molar-refractivity contribution in [2.45, 2.75) is 235 Å². The first-order valence-corrected chi connectivity index (χ1v) is 32.1. The van der Waals surface area contributed by atoms with Gasteiger partial charge in [0.25, 0.3) is 0 Å². The van der Waals surface area contributed by atoms with E-state index in [1.165, 1.54) is 44.9 Å². The average molecular weight is 1340 g/mol. The topological polar surface area (TPSA) is 639 Å². The number of aliphatic hydroxyl groups excluding tert-OH is 2. The summed E-state index contributed by atoms with van der Waals surface area (Å²) < 4.78 is 0. The number of amides is 10. The minimum atomic E-state index is -1.80. The number of guanidine groups is 3. The van der Waals surface area contributed by atoms with Gasteiger partial charge in [0.1, 0.15) is 54.4 Å². The number of aliphatic imine (C=N–C) groups is 3. The molecular formula is C58H108N20O16. The molecule has 0 heterocycles. The molecule has 0 aliphatic rings. The van der Waals surface area contributed by atoms with E-state index in [9.17, 15) is 72.9 Å². The number of hydrogen-bond donors (Lipinski definition) is 21. The summed E-state index contributed by atoms with van der Waals surface area (Å²) in [6.07, 6.45) is 11.9. The zero-order valence-corrected chi connectivity index (χ0v) is 54.5. The predicted molar refractivity (Wildman–Crippen MR) is 348 cm³/mol. The van der Waals surface area contributed by atoms with E-state index in [0.717, 1.165) is 39.0 Å². The van der Waals surface area contributed by atoms with Crippen molar-refractivity contribution >= 4 is 88.9 Å². The van der Waals surface area contributed by atoms with Crippen LogP contribution in [0.1, 0.15) is 181 Å². The van der Waals surface area contributed by atoms with Gasteiger partial charge in [0.2, 0.25) is 59.1 Å². The quantitative estimate of drug-likeness (QED) is 0.0154. The van der Waals surface area contributed by atoms with Gasteiger partial charge in [-0.3, -0.25) is 72.5 Å². The largest absolute Gasteiger partial charge is 0.481 e. The molecule has 36 heteroatoms. The first kappa shape index (κ1) is 85.3. The van der Waals surface area contributed by atoms with Crippen LogP contribution in [0.25, 0.3) is 0 Å². The van der Waals surface area contributed by atoms with Crippen LogP contribution in [-0.2, 0) is 57.5 Å². The molecular weight excluding hydrogens is 1230 g/mol. The SMILES string of the molecule is CCCCCCCCCCCCCCCC(=O)N[C@@H](CO)C(=O)N[C@@H](CCCN=C(N)N)C(=O)N[C@@H](CCC(=O)O)C(=O)N[C@@H](CCCCN)C(=O)N[C@@H](CCCN=C(N)N)C(=O)N[C@@H](CCCN=C(N)N)C(=O)N[C@@H](CO)C(=O)N[C@@H](C)C(=O)N[C@@H](CC(=O)O)C(N)=O. The van der Waals surface area contributed by atoms with E-state index in [0.29, 0.717) is 12.8 Å². The number of primary amides is 1. The fraction of sp³-hybridized carbons (Fsp3) is 0.741. The molecule has 94 heavy (non-hydrogen) atoms. The Morgan fingerprint density at radius 3 is 1.01 bits per heavy atom. The molecule has 0 aliphatic carbocycles. The first-order valence-electron chi connectivity index (χ1n) is 32.1. The highest BCUT2D eigenvalue weighted by Crippen LogP contribution is 2.14.